The summed E-state index contributed by atoms with van der Waals surface area (Å²) in [7, 11) is 0. The van der Waals surface area contributed by atoms with Gasteiger partial charge >= 0.3 is 0 Å². The molecule has 0 saturated heterocycles. The Bertz CT molecular complexity index is 375. The number of Topliss-reactive ketones (excluding diaryl/α,β-unsaturated/α-hetero) is 1. The molecule has 1 aromatic heterocycles. The monoisotopic (exact) mass is 236 g/mol. The Morgan fingerprint density at radius 1 is 1.29 bits per heavy atom. The molecule has 0 aliphatic carbocycles. The van der Waals surface area contributed by atoms with Crippen molar-refractivity contribution in [2.24, 2.45) is 5.92 Å². The minimum Gasteiger partial charge on any atom is -0.475 e. The smallest absolute Gasteiger partial charge is 0.216 e. The molecule has 1 aromatic rings. The number of aromatic nitrogens is 2. The zero-order chi connectivity index (χ0) is 12.8. The van der Waals surface area contributed by atoms with Crippen molar-refractivity contribution >= 4 is 5.78 Å². The molecule has 0 aromatic carbocycles. The van der Waals surface area contributed by atoms with E-state index in [1.165, 1.54) is 6.33 Å². The maximum Gasteiger partial charge on any atom is 0.216 e. The molecule has 94 valence electrons. The molecule has 0 N–H and O–H groups in total. The van der Waals surface area contributed by atoms with Crippen molar-refractivity contribution in [2.45, 2.75) is 46.6 Å². The number of hydrogen-bond donors (Lipinski definition) is 0. The molecule has 0 bridgehead atoms. The largest absolute Gasteiger partial charge is 0.475 e. The summed E-state index contributed by atoms with van der Waals surface area (Å²) in [5, 5.41) is 0. The summed E-state index contributed by atoms with van der Waals surface area (Å²) in [5.41, 5.74) is 0.723. The predicted molar refractivity (Wildman–Crippen MR) is 66.0 cm³/mol. The van der Waals surface area contributed by atoms with E-state index in [4.69, 9.17) is 4.74 Å². The number of carbonyl (C=O) groups excluding carboxylic acids is 1. The summed E-state index contributed by atoms with van der Waals surface area (Å²) in [6.45, 7) is 7.94. The average molecular weight is 236 g/mol. The van der Waals surface area contributed by atoms with Gasteiger partial charge in [-0.15, -0.1) is 0 Å². The van der Waals surface area contributed by atoms with Gasteiger partial charge in [0.25, 0.3) is 0 Å². The molecule has 0 spiro atoms. The lowest BCUT2D eigenvalue weighted by Crippen LogP contribution is -2.10. The highest BCUT2D eigenvalue weighted by atomic mass is 16.5. The second-order valence-electron chi connectivity index (χ2n) is 4.83. The van der Waals surface area contributed by atoms with Gasteiger partial charge in [-0.2, -0.15) is 0 Å². The van der Waals surface area contributed by atoms with Gasteiger partial charge in [-0.25, -0.2) is 9.97 Å². The Labute approximate surface area is 102 Å². The number of ether oxygens (including phenoxy) is 1. The molecule has 4 nitrogen and oxygen atoms in total. The van der Waals surface area contributed by atoms with Gasteiger partial charge in [-0.05, 0) is 19.8 Å². The fourth-order valence-electron chi connectivity index (χ4n) is 1.51. The van der Waals surface area contributed by atoms with Crippen molar-refractivity contribution in [1.82, 2.24) is 9.97 Å². The first-order valence-electron chi connectivity index (χ1n) is 5.96. The van der Waals surface area contributed by atoms with Gasteiger partial charge in [0.2, 0.25) is 5.88 Å². The van der Waals surface area contributed by atoms with Crippen molar-refractivity contribution in [2.75, 3.05) is 0 Å². The van der Waals surface area contributed by atoms with Crippen LogP contribution in [0.5, 0.6) is 5.88 Å². The van der Waals surface area contributed by atoms with Crippen LogP contribution >= 0.6 is 0 Å². The molecule has 1 heterocycles. The number of hydrogen-bond acceptors (Lipinski definition) is 4. The molecule has 0 saturated carbocycles. The van der Waals surface area contributed by atoms with E-state index < -0.39 is 0 Å². The number of ketones is 1. The van der Waals surface area contributed by atoms with Crippen molar-refractivity contribution in [3.63, 3.8) is 0 Å². The van der Waals surface area contributed by atoms with Gasteiger partial charge in [0.15, 0.2) is 0 Å². The van der Waals surface area contributed by atoms with E-state index in [1.54, 1.807) is 6.07 Å². The lowest BCUT2D eigenvalue weighted by atomic mass is 10.0. The molecule has 0 amide bonds. The van der Waals surface area contributed by atoms with E-state index in [0.29, 0.717) is 24.6 Å². The standard InChI is InChI=1S/C13H20N2O2/c1-9(2)5-12(16)6-11-7-13(15-8-14-11)17-10(3)4/h7-10H,5-6H2,1-4H3. The molecule has 17 heavy (non-hydrogen) atoms. The molecule has 0 atom stereocenters. The summed E-state index contributed by atoms with van der Waals surface area (Å²) in [4.78, 5) is 19.7. The van der Waals surface area contributed by atoms with Crippen LogP contribution in [0.25, 0.3) is 0 Å². The van der Waals surface area contributed by atoms with E-state index in [0.717, 1.165) is 5.69 Å². The highest BCUT2D eigenvalue weighted by Gasteiger charge is 2.09. The van der Waals surface area contributed by atoms with Gasteiger partial charge in [0.05, 0.1) is 11.8 Å². The van der Waals surface area contributed by atoms with Crippen LogP contribution in [0.15, 0.2) is 12.4 Å². The third kappa shape index (κ3) is 5.43. The second-order valence-corrected chi connectivity index (χ2v) is 4.83. The Morgan fingerprint density at radius 2 is 2.00 bits per heavy atom. The predicted octanol–water partition coefficient (Wildman–Crippen LogP) is 2.42. The topological polar surface area (TPSA) is 52.1 Å². The molecule has 4 heteroatoms. The summed E-state index contributed by atoms with van der Waals surface area (Å²) in [6.07, 6.45) is 2.46. The fraction of sp³-hybridized carbons (Fsp3) is 0.615. The van der Waals surface area contributed by atoms with E-state index >= 15 is 0 Å². The van der Waals surface area contributed by atoms with Gasteiger partial charge < -0.3 is 4.74 Å². The number of rotatable bonds is 6. The van der Waals surface area contributed by atoms with Crippen LogP contribution in [-0.4, -0.2) is 21.9 Å². The Hall–Kier alpha value is -1.45. The van der Waals surface area contributed by atoms with Gasteiger partial charge in [0, 0.05) is 18.9 Å². The second kappa shape index (κ2) is 6.33. The lowest BCUT2D eigenvalue weighted by molar-refractivity contribution is -0.119. The van der Waals surface area contributed by atoms with Crippen LogP contribution in [-0.2, 0) is 11.2 Å². The summed E-state index contributed by atoms with van der Waals surface area (Å²) in [6, 6.07) is 1.73. The van der Waals surface area contributed by atoms with E-state index in [-0.39, 0.29) is 11.9 Å². The summed E-state index contributed by atoms with van der Waals surface area (Å²) < 4.78 is 5.46. The third-order valence-electron chi connectivity index (χ3n) is 2.07. The van der Waals surface area contributed by atoms with Crippen LogP contribution in [0.4, 0.5) is 0 Å². The molecular weight excluding hydrogens is 216 g/mol. The summed E-state index contributed by atoms with van der Waals surface area (Å²) >= 11 is 0. The molecule has 0 aliphatic heterocycles. The van der Waals surface area contributed by atoms with Crippen LogP contribution in [0.1, 0.15) is 39.8 Å². The van der Waals surface area contributed by atoms with Gasteiger partial charge in [0.1, 0.15) is 12.1 Å². The van der Waals surface area contributed by atoms with Gasteiger partial charge in [-0.3, -0.25) is 4.79 Å². The molecular formula is C13H20N2O2. The lowest BCUT2D eigenvalue weighted by Gasteiger charge is -2.09. The van der Waals surface area contributed by atoms with Crippen molar-refractivity contribution < 1.29 is 9.53 Å². The summed E-state index contributed by atoms with van der Waals surface area (Å²) in [5.74, 6) is 1.12. The SMILES string of the molecule is CC(C)CC(=O)Cc1cc(OC(C)C)ncn1. The van der Waals surface area contributed by atoms with Crippen LogP contribution in [0.2, 0.25) is 0 Å². The normalized spacial score (nSPS) is 10.9. The first kappa shape index (κ1) is 13.6. The zero-order valence-corrected chi connectivity index (χ0v) is 10.9. The maximum absolute atomic E-state index is 11.7. The molecule has 0 unspecified atom stereocenters. The average Bonchev–Trinajstić information content (AvgIpc) is 2.14. The highest BCUT2D eigenvalue weighted by molar-refractivity contribution is 5.80. The van der Waals surface area contributed by atoms with Crippen LogP contribution in [0.3, 0.4) is 0 Å². The highest BCUT2D eigenvalue weighted by Crippen LogP contribution is 2.11. The minimum atomic E-state index is 0.0733. The molecule has 0 radical (unpaired) electrons. The fourth-order valence-corrected chi connectivity index (χ4v) is 1.51. The number of carbonyl (C=O) groups is 1. The van der Waals surface area contributed by atoms with E-state index in [1.807, 2.05) is 27.7 Å². The third-order valence-corrected chi connectivity index (χ3v) is 2.07. The molecule has 0 fully saturated rings. The van der Waals surface area contributed by atoms with Crippen LogP contribution in [0, 0.1) is 5.92 Å². The van der Waals surface area contributed by atoms with Crippen molar-refractivity contribution in [1.29, 1.82) is 0 Å². The molecule has 0 aliphatic rings. The van der Waals surface area contributed by atoms with Gasteiger partial charge in [-0.1, -0.05) is 13.8 Å². The first-order chi connectivity index (χ1) is 7.97. The van der Waals surface area contributed by atoms with E-state index in [2.05, 4.69) is 9.97 Å². The maximum atomic E-state index is 11.7. The Morgan fingerprint density at radius 3 is 2.59 bits per heavy atom. The van der Waals surface area contributed by atoms with Crippen molar-refractivity contribution in [3.05, 3.63) is 18.1 Å². The van der Waals surface area contributed by atoms with Crippen LogP contribution < -0.4 is 4.74 Å². The quantitative estimate of drug-likeness (QED) is 0.761. The Kier molecular flexibility index (Phi) is 5.07. The first-order valence-corrected chi connectivity index (χ1v) is 5.96. The number of nitrogens with zero attached hydrogens (tertiary/aromatic N) is 2. The minimum absolute atomic E-state index is 0.0733. The van der Waals surface area contributed by atoms with E-state index in [9.17, 15) is 4.79 Å². The zero-order valence-electron chi connectivity index (χ0n) is 10.9. The molecule has 1 rings (SSSR count). The van der Waals surface area contributed by atoms with Crippen molar-refractivity contribution in [3.8, 4) is 5.88 Å². The Balaban J connectivity index is 2.62.